The topological polar surface area (TPSA) is 157 Å². The van der Waals surface area contributed by atoms with Crippen LogP contribution in [0.5, 0.6) is 0 Å². The van der Waals surface area contributed by atoms with Crippen LogP contribution in [0.3, 0.4) is 0 Å². The molecule has 2 fully saturated rings. The summed E-state index contributed by atoms with van der Waals surface area (Å²) in [6, 6.07) is 0. The minimum atomic E-state index is -0.857. The third-order valence-corrected chi connectivity index (χ3v) is 7.54. The number of piperidine rings is 2. The van der Waals surface area contributed by atoms with Crippen molar-refractivity contribution >= 4 is 11.8 Å². The molecule has 2 heterocycles. The van der Waals surface area contributed by atoms with Gasteiger partial charge in [0.2, 0.25) is 12.5 Å². The van der Waals surface area contributed by atoms with Crippen LogP contribution >= 0.6 is 0 Å². The molecule has 2 aliphatic heterocycles. The van der Waals surface area contributed by atoms with Gasteiger partial charge in [0.1, 0.15) is 39.4 Å². The number of likely N-dealkylation sites (tertiary alicyclic amines) is 2. The van der Waals surface area contributed by atoms with Crippen LogP contribution in [-0.4, -0.2) is 136 Å². The predicted octanol–water partition coefficient (Wildman–Crippen LogP) is -0.125. The molecule has 2 saturated heterocycles. The van der Waals surface area contributed by atoms with Crippen LogP contribution in [0.2, 0.25) is 0 Å². The molecule has 41 heavy (non-hydrogen) atoms. The summed E-state index contributed by atoms with van der Waals surface area (Å²) in [5.41, 5.74) is 0. The van der Waals surface area contributed by atoms with E-state index in [0.29, 0.717) is 91.9 Å². The third kappa shape index (κ3) is 13.2. The van der Waals surface area contributed by atoms with E-state index in [-0.39, 0.29) is 34.2 Å². The van der Waals surface area contributed by atoms with E-state index in [1.807, 2.05) is 0 Å². The lowest BCUT2D eigenvalue weighted by molar-refractivity contribution is -0.982. The Bertz CT molecular complexity index is 684. The van der Waals surface area contributed by atoms with Crippen LogP contribution < -0.4 is 10.2 Å². The quantitative estimate of drug-likeness (QED) is 0.0759. The van der Waals surface area contributed by atoms with Crippen molar-refractivity contribution in [2.75, 3.05) is 92.2 Å². The van der Waals surface area contributed by atoms with Crippen molar-refractivity contribution in [1.29, 1.82) is 0 Å². The Morgan fingerprint density at radius 2 is 0.854 bits per heavy atom. The van der Waals surface area contributed by atoms with Crippen LogP contribution in [0.15, 0.2) is 10.2 Å². The van der Waals surface area contributed by atoms with Crippen molar-refractivity contribution in [3.63, 3.8) is 0 Å². The molecule has 2 N–H and O–H groups in total. The molecule has 2 unspecified atom stereocenters. The Balaban J connectivity index is 1.44. The first-order chi connectivity index (χ1) is 19.9. The highest BCUT2D eigenvalue weighted by molar-refractivity contribution is 5.70. The van der Waals surface area contributed by atoms with Crippen LogP contribution in [0.4, 0.5) is 0 Å². The van der Waals surface area contributed by atoms with Gasteiger partial charge in [0.05, 0.1) is 52.9 Å². The van der Waals surface area contributed by atoms with Crippen LogP contribution in [0, 0.1) is 0 Å². The van der Waals surface area contributed by atoms with Crippen LogP contribution in [0.1, 0.15) is 65.2 Å². The van der Waals surface area contributed by atoms with Crippen molar-refractivity contribution in [1.82, 2.24) is 0 Å². The lowest BCUT2D eigenvalue weighted by Gasteiger charge is -2.40. The maximum Gasteiger partial charge on any atom is 0.239 e. The molecular formula is C28H54N4O9. The summed E-state index contributed by atoms with van der Waals surface area (Å²) >= 11 is 0. The molecule has 0 saturated carbocycles. The Kier molecular flexibility index (Phi) is 17.9. The fourth-order valence-electron chi connectivity index (χ4n) is 5.07. The maximum absolute atomic E-state index is 11.9. The number of aliphatic hydroxyl groups excluding tert-OH is 2. The van der Waals surface area contributed by atoms with Gasteiger partial charge in [0, 0.05) is 11.8 Å². The van der Waals surface area contributed by atoms with Gasteiger partial charge in [-0.3, -0.25) is 0 Å². The van der Waals surface area contributed by atoms with Gasteiger partial charge in [-0.25, -0.2) is 0 Å². The molecule has 0 aliphatic carbocycles. The monoisotopic (exact) mass is 590 g/mol. The van der Waals surface area contributed by atoms with Gasteiger partial charge in [-0.2, -0.15) is 9.18 Å². The van der Waals surface area contributed by atoms with E-state index in [1.165, 1.54) is 0 Å². The molecule has 0 amide bonds. The number of rotatable bonds is 22. The zero-order chi connectivity index (χ0) is 29.8. The van der Waals surface area contributed by atoms with Crippen molar-refractivity contribution in [3.05, 3.63) is 0 Å². The van der Waals surface area contributed by atoms with Gasteiger partial charge in [0.15, 0.2) is 0 Å². The van der Waals surface area contributed by atoms with Crippen molar-refractivity contribution in [2.45, 2.75) is 77.7 Å². The maximum atomic E-state index is 11.9. The van der Waals surface area contributed by atoms with Gasteiger partial charge >= 0.3 is 0 Å². The van der Waals surface area contributed by atoms with E-state index < -0.39 is 12.5 Å². The molecule has 13 heteroatoms. The first kappa shape index (κ1) is 35.8. The standard InChI is InChI=1S/C28H54N4O9/c1-3-25(33)29-31(11-7-5-8-12-31)27(35)23-40-21-19-38-17-15-37-16-18-39-20-22-41-24-28(36)32(30-26(34)4-2)13-9-6-10-14-32/h27-28,35-36H,3-24H2,1-2H3. The minimum absolute atomic E-state index is 0.0505. The largest absolute Gasteiger partial charge is 0.858 e. The summed E-state index contributed by atoms with van der Waals surface area (Å²) in [6.07, 6.45) is 4.86. The molecule has 0 aromatic carbocycles. The Hall–Kier alpha value is -1.42. The van der Waals surface area contributed by atoms with E-state index in [2.05, 4.69) is 10.2 Å². The van der Waals surface area contributed by atoms with Crippen LogP contribution in [-0.2, 0) is 23.7 Å². The lowest BCUT2D eigenvalue weighted by atomic mass is 10.1. The average Bonchev–Trinajstić information content (AvgIpc) is 2.99. The van der Waals surface area contributed by atoms with Gasteiger partial charge in [-0.1, -0.05) is 13.8 Å². The third-order valence-electron chi connectivity index (χ3n) is 7.54. The number of nitrogens with zero attached hydrogens (tertiary/aromatic N) is 4. The van der Waals surface area contributed by atoms with E-state index in [4.69, 9.17) is 23.7 Å². The second-order valence-corrected chi connectivity index (χ2v) is 10.6. The smallest absolute Gasteiger partial charge is 0.239 e. The molecule has 0 spiro atoms. The molecule has 0 aromatic heterocycles. The molecule has 2 aliphatic rings. The predicted molar refractivity (Wildman–Crippen MR) is 149 cm³/mol. The fraction of sp³-hybridized carbons (Fsp3) is 0.929. The summed E-state index contributed by atoms with van der Waals surface area (Å²) in [4.78, 5) is 0. The van der Waals surface area contributed by atoms with Crippen molar-refractivity contribution in [3.8, 4) is 0 Å². The lowest BCUT2D eigenvalue weighted by Crippen LogP contribution is -2.57. The minimum Gasteiger partial charge on any atom is -0.858 e. The average molecular weight is 591 g/mol. The van der Waals surface area contributed by atoms with Crippen LogP contribution in [0.25, 0.3) is 0 Å². The van der Waals surface area contributed by atoms with Crippen molar-refractivity contribution in [2.24, 2.45) is 10.2 Å². The molecule has 2 atom stereocenters. The molecule has 2 rings (SSSR count). The molecular weight excluding hydrogens is 536 g/mol. The van der Waals surface area contributed by atoms with Gasteiger partial charge in [-0.15, -0.1) is 10.2 Å². The molecule has 240 valence electrons. The number of hydrogen-bond acceptors (Lipinski definition) is 11. The Morgan fingerprint density at radius 3 is 1.15 bits per heavy atom. The van der Waals surface area contributed by atoms with Gasteiger partial charge < -0.3 is 44.1 Å². The van der Waals surface area contributed by atoms with Crippen molar-refractivity contribution < 1.29 is 53.3 Å². The Morgan fingerprint density at radius 1 is 0.561 bits per heavy atom. The summed E-state index contributed by atoms with van der Waals surface area (Å²) in [6.45, 7) is 9.48. The highest BCUT2D eigenvalue weighted by Crippen LogP contribution is 2.24. The molecule has 0 aromatic rings. The van der Waals surface area contributed by atoms with E-state index in [0.717, 1.165) is 38.5 Å². The fourth-order valence-corrected chi connectivity index (χ4v) is 5.07. The number of quaternary nitrogens is 2. The second-order valence-electron chi connectivity index (χ2n) is 10.6. The normalized spacial score (nSPS) is 21.1. The summed E-state index contributed by atoms with van der Waals surface area (Å²) < 4.78 is 27.8. The highest BCUT2D eigenvalue weighted by Gasteiger charge is 2.39. The molecule has 0 bridgehead atoms. The van der Waals surface area contributed by atoms with E-state index in [1.54, 1.807) is 13.8 Å². The summed E-state index contributed by atoms with van der Waals surface area (Å²) in [5.74, 6) is -0.381. The first-order valence-corrected chi connectivity index (χ1v) is 15.4. The van der Waals surface area contributed by atoms with Gasteiger partial charge in [0.25, 0.3) is 0 Å². The molecule has 0 radical (unpaired) electrons. The number of aliphatic hydroxyl groups is 2. The number of hydrogen-bond donors (Lipinski definition) is 2. The highest BCUT2D eigenvalue weighted by atomic mass is 16.6. The van der Waals surface area contributed by atoms with E-state index >= 15 is 0 Å². The Labute approximate surface area is 245 Å². The van der Waals surface area contributed by atoms with Gasteiger partial charge in [-0.05, 0) is 51.4 Å². The zero-order valence-corrected chi connectivity index (χ0v) is 25.3. The first-order valence-electron chi connectivity index (χ1n) is 15.4. The summed E-state index contributed by atoms with van der Waals surface area (Å²) in [7, 11) is 0. The number of ether oxygens (including phenoxy) is 5. The molecule has 13 nitrogen and oxygen atoms in total. The van der Waals surface area contributed by atoms with E-state index in [9.17, 15) is 20.4 Å². The second kappa shape index (κ2) is 20.5. The summed E-state index contributed by atoms with van der Waals surface area (Å²) in [5, 5.41) is 53.8. The zero-order valence-electron chi connectivity index (χ0n) is 25.3. The SMILES string of the molecule is CC/C([O-])=N/[N+]1(C(O)COCCOCCOCCOCCOCC(O)[N+]2(/N=C(\[O-])CC)CCCCC2)CCCCC1.